The lowest BCUT2D eigenvalue weighted by Gasteiger charge is -2.27. The van der Waals surface area contributed by atoms with Crippen LogP contribution in [0.1, 0.15) is 36.2 Å². The fourth-order valence-corrected chi connectivity index (χ4v) is 1.76. The Morgan fingerprint density at radius 1 is 1.42 bits per heavy atom. The molecule has 1 N–H and O–H groups in total. The molecule has 0 aliphatic heterocycles. The van der Waals surface area contributed by atoms with Crippen LogP contribution in [0.15, 0.2) is 18.2 Å². The highest BCUT2D eigenvalue weighted by atomic mass is 19.1. The molecule has 0 fully saturated rings. The molecule has 5 heteroatoms. The fourth-order valence-electron chi connectivity index (χ4n) is 1.76. The van der Waals surface area contributed by atoms with Gasteiger partial charge in [-0.25, -0.2) is 4.39 Å². The van der Waals surface area contributed by atoms with Crippen molar-refractivity contribution in [2.75, 3.05) is 6.54 Å². The van der Waals surface area contributed by atoms with Gasteiger partial charge in [0.25, 0.3) is 5.91 Å². The van der Waals surface area contributed by atoms with Gasteiger partial charge in [-0.1, -0.05) is 19.1 Å². The summed E-state index contributed by atoms with van der Waals surface area (Å²) in [7, 11) is 0. The van der Waals surface area contributed by atoms with E-state index in [1.165, 1.54) is 11.0 Å². The maximum absolute atomic E-state index is 13.9. The SMILES string of the molecule is CC[C@H](C)N(CC(=O)O)C(=O)c1cccc(C)c1F. The summed E-state index contributed by atoms with van der Waals surface area (Å²) in [4.78, 5) is 24.3. The van der Waals surface area contributed by atoms with E-state index in [4.69, 9.17) is 5.11 Å². The quantitative estimate of drug-likeness (QED) is 0.891. The third-order valence-corrected chi connectivity index (χ3v) is 3.11. The lowest BCUT2D eigenvalue weighted by atomic mass is 10.1. The number of carbonyl (C=O) groups is 2. The van der Waals surface area contributed by atoms with Gasteiger partial charge in [0, 0.05) is 6.04 Å². The van der Waals surface area contributed by atoms with Crippen LogP contribution in [0, 0.1) is 12.7 Å². The largest absolute Gasteiger partial charge is 0.480 e. The Kier molecular flexibility index (Phi) is 5.03. The van der Waals surface area contributed by atoms with Crippen LogP contribution < -0.4 is 0 Å². The zero-order valence-electron chi connectivity index (χ0n) is 11.3. The summed E-state index contributed by atoms with van der Waals surface area (Å²) < 4.78 is 13.9. The maximum Gasteiger partial charge on any atom is 0.323 e. The van der Waals surface area contributed by atoms with Crippen LogP contribution in [0.5, 0.6) is 0 Å². The minimum atomic E-state index is -1.11. The van der Waals surface area contributed by atoms with Gasteiger partial charge < -0.3 is 10.0 Å². The third-order valence-electron chi connectivity index (χ3n) is 3.11. The smallest absolute Gasteiger partial charge is 0.323 e. The van der Waals surface area contributed by atoms with E-state index < -0.39 is 24.2 Å². The number of rotatable bonds is 5. The Morgan fingerprint density at radius 3 is 2.58 bits per heavy atom. The number of hydrogen-bond acceptors (Lipinski definition) is 2. The number of amides is 1. The van der Waals surface area contributed by atoms with E-state index in [-0.39, 0.29) is 11.6 Å². The van der Waals surface area contributed by atoms with Gasteiger partial charge in [0.1, 0.15) is 12.4 Å². The molecule has 0 saturated carbocycles. The van der Waals surface area contributed by atoms with Crippen LogP contribution >= 0.6 is 0 Å². The molecule has 0 aliphatic carbocycles. The minimum Gasteiger partial charge on any atom is -0.480 e. The molecule has 0 heterocycles. The molecular weight excluding hydrogens is 249 g/mol. The van der Waals surface area contributed by atoms with Crippen molar-refractivity contribution >= 4 is 11.9 Å². The van der Waals surface area contributed by atoms with E-state index in [0.29, 0.717) is 12.0 Å². The van der Waals surface area contributed by atoms with E-state index in [2.05, 4.69) is 0 Å². The molecule has 1 aromatic carbocycles. The number of halogens is 1. The molecule has 0 bridgehead atoms. The number of hydrogen-bond donors (Lipinski definition) is 1. The van der Waals surface area contributed by atoms with Crippen molar-refractivity contribution in [1.82, 2.24) is 4.90 Å². The van der Waals surface area contributed by atoms with Crippen molar-refractivity contribution in [3.8, 4) is 0 Å². The lowest BCUT2D eigenvalue weighted by Crippen LogP contribution is -2.42. The first-order valence-electron chi connectivity index (χ1n) is 6.16. The van der Waals surface area contributed by atoms with Crippen molar-refractivity contribution in [3.63, 3.8) is 0 Å². The second kappa shape index (κ2) is 6.31. The summed E-state index contributed by atoms with van der Waals surface area (Å²) in [6, 6.07) is 4.27. The Labute approximate surface area is 111 Å². The average Bonchev–Trinajstić information content (AvgIpc) is 2.37. The second-order valence-corrected chi connectivity index (χ2v) is 4.52. The first-order chi connectivity index (χ1) is 8.88. The molecular formula is C14H18FNO3. The monoisotopic (exact) mass is 267 g/mol. The number of nitrogens with zero attached hydrogens (tertiary/aromatic N) is 1. The molecule has 0 aromatic heterocycles. The van der Waals surface area contributed by atoms with Crippen LogP contribution in [-0.4, -0.2) is 34.5 Å². The molecule has 0 spiro atoms. The van der Waals surface area contributed by atoms with Gasteiger partial charge in [-0.05, 0) is 31.9 Å². The lowest BCUT2D eigenvalue weighted by molar-refractivity contribution is -0.138. The molecule has 1 rings (SSSR count). The number of carboxylic acid groups (broad SMARTS) is 1. The average molecular weight is 267 g/mol. The number of aliphatic carboxylic acids is 1. The predicted octanol–water partition coefficient (Wildman–Crippen LogP) is 2.46. The van der Waals surface area contributed by atoms with Crippen LogP contribution in [-0.2, 0) is 4.79 Å². The molecule has 4 nitrogen and oxygen atoms in total. The molecule has 19 heavy (non-hydrogen) atoms. The van der Waals surface area contributed by atoms with Crippen LogP contribution in [0.3, 0.4) is 0 Å². The zero-order valence-corrected chi connectivity index (χ0v) is 11.3. The highest BCUT2D eigenvalue weighted by molar-refractivity contribution is 5.96. The molecule has 0 unspecified atom stereocenters. The van der Waals surface area contributed by atoms with Gasteiger partial charge in [0.15, 0.2) is 0 Å². The van der Waals surface area contributed by atoms with Crippen LogP contribution in [0.2, 0.25) is 0 Å². The van der Waals surface area contributed by atoms with Gasteiger partial charge in [0.2, 0.25) is 0 Å². The summed E-state index contributed by atoms with van der Waals surface area (Å²) in [5.41, 5.74) is 0.284. The Bertz CT molecular complexity index is 488. The predicted molar refractivity (Wildman–Crippen MR) is 69.6 cm³/mol. The standard InChI is InChI=1S/C14H18FNO3/c1-4-10(3)16(8-12(17)18)14(19)11-7-5-6-9(2)13(11)15/h5-7,10H,4,8H2,1-3H3,(H,17,18)/t10-/m0/s1. The number of carboxylic acids is 1. The van der Waals surface area contributed by atoms with Gasteiger partial charge in [-0.3, -0.25) is 9.59 Å². The zero-order chi connectivity index (χ0) is 14.6. The molecule has 0 aliphatic rings. The molecule has 104 valence electrons. The first-order valence-corrected chi connectivity index (χ1v) is 6.16. The summed E-state index contributed by atoms with van der Waals surface area (Å²) in [6.07, 6.45) is 0.604. The van der Waals surface area contributed by atoms with Crippen LogP contribution in [0.25, 0.3) is 0 Å². The summed E-state index contributed by atoms with van der Waals surface area (Å²) in [5.74, 6) is -2.29. The van der Waals surface area contributed by atoms with Crippen molar-refractivity contribution in [1.29, 1.82) is 0 Å². The molecule has 0 saturated heterocycles. The normalized spacial score (nSPS) is 12.0. The second-order valence-electron chi connectivity index (χ2n) is 4.52. The van der Waals surface area contributed by atoms with E-state index in [1.54, 1.807) is 26.0 Å². The summed E-state index contributed by atoms with van der Waals surface area (Å²) in [6.45, 7) is 4.73. The highest BCUT2D eigenvalue weighted by Gasteiger charge is 2.25. The fraction of sp³-hybridized carbons (Fsp3) is 0.429. The Morgan fingerprint density at radius 2 is 2.05 bits per heavy atom. The minimum absolute atomic E-state index is 0.0819. The Balaban J connectivity index is 3.11. The van der Waals surface area contributed by atoms with E-state index >= 15 is 0 Å². The van der Waals surface area contributed by atoms with E-state index in [1.807, 2.05) is 6.92 Å². The van der Waals surface area contributed by atoms with Crippen molar-refractivity contribution in [2.45, 2.75) is 33.2 Å². The van der Waals surface area contributed by atoms with Gasteiger partial charge in [-0.2, -0.15) is 0 Å². The summed E-state index contributed by atoms with van der Waals surface area (Å²) >= 11 is 0. The molecule has 1 atom stereocenters. The van der Waals surface area contributed by atoms with E-state index in [9.17, 15) is 14.0 Å². The topological polar surface area (TPSA) is 57.6 Å². The number of aryl methyl sites for hydroxylation is 1. The van der Waals surface area contributed by atoms with Crippen molar-refractivity contribution < 1.29 is 19.1 Å². The number of carbonyl (C=O) groups excluding carboxylic acids is 1. The van der Waals surface area contributed by atoms with Gasteiger partial charge in [0.05, 0.1) is 5.56 Å². The highest BCUT2D eigenvalue weighted by Crippen LogP contribution is 2.16. The molecule has 1 aromatic rings. The molecule has 0 radical (unpaired) electrons. The number of benzene rings is 1. The van der Waals surface area contributed by atoms with E-state index in [0.717, 1.165) is 0 Å². The first kappa shape index (κ1) is 15.1. The molecule has 1 amide bonds. The van der Waals surface area contributed by atoms with Crippen LogP contribution in [0.4, 0.5) is 4.39 Å². The van der Waals surface area contributed by atoms with Crippen molar-refractivity contribution in [2.24, 2.45) is 0 Å². The van der Waals surface area contributed by atoms with Gasteiger partial charge in [-0.15, -0.1) is 0 Å². The Hall–Kier alpha value is -1.91. The van der Waals surface area contributed by atoms with Crippen molar-refractivity contribution in [3.05, 3.63) is 35.1 Å². The maximum atomic E-state index is 13.9. The third kappa shape index (κ3) is 3.53. The summed E-state index contributed by atoms with van der Waals surface area (Å²) in [5, 5.41) is 8.86. The van der Waals surface area contributed by atoms with Gasteiger partial charge >= 0.3 is 5.97 Å².